The highest BCUT2D eigenvalue weighted by atomic mass is 35.5. The summed E-state index contributed by atoms with van der Waals surface area (Å²) in [4.78, 5) is 13.4. The molecule has 0 spiro atoms. The molecule has 110 valence electrons. The van der Waals surface area contributed by atoms with Gasteiger partial charge >= 0.3 is 0 Å². The number of carbonyl (C=O) groups is 1. The quantitative estimate of drug-likeness (QED) is 0.900. The van der Waals surface area contributed by atoms with Crippen LogP contribution in [0.3, 0.4) is 0 Å². The average molecular weight is 296 g/mol. The van der Waals surface area contributed by atoms with Crippen molar-refractivity contribution in [1.82, 2.24) is 5.32 Å². The van der Waals surface area contributed by atoms with Gasteiger partial charge in [-0.1, -0.05) is 17.7 Å². The third-order valence-electron chi connectivity index (χ3n) is 3.74. The van der Waals surface area contributed by atoms with Crippen molar-refractivity contribution in [3.05, 3.63) is 28.8 Å². The van der Waals surface area contributed by atoms with E-state index in [0.29, 0.717) is 6.04 Å². The van der Waals surface area contributed by atoms with Crippen LogP contribution in [0.25, 0.3) is 0 Å². The Labute approximate surface area is 125 Å². The number of hydrogen-bond acceptors (Lipinski definition) is 3. The number of benzene rings is 1. The second-order valence-corrected chi connectivity index (χ2v) is 5.86. The molecule has 0 saturated carbocycles. The monoisotopic (exact) mass is 295 g/mol. The van der Waals surface area contributed by atoms with Gasteiger partial charge in [0, 0.05) is 42.8 Å². The van der Waals surface area contributed by atoms with E-state index in [4.69, 9.17) is 17.3 Å². The van der Waals surface area contributed by atoms with E-state index in [0.717, 1.165) is 42.2 Å². The fourth-order valence-corrected chi connectivity index (χ4v) is 3.00. The Morgan fingerprint density at radius 3 is 2.60 bits per heavy atom. The van der Waals surface area contributed by atoms with Gasteiger partial charge in [-0.15, -0.1) is 0 Å². The van der Waals surface area contributed by atoms with Crippen LogP contribution in [-0.4, -0.2) is 25.0 Å². The molecular formula is C15H22ClN3O. The Morgan fingerprint density at radius 1 is 1.45 bits per heavy atom. The standard InChI is InChI=1S/C15H22ClN3O/c1-10(17)14-4-3-13(9-15(14)16)19-7-5-12(6-8-19)18-11(2)20/h3-4,9-10,12H,5-8,17H2,1-2H3,(H,18,20). The van der Waals surface area contributed by atoms with Crippen LogP contribution in [-0.2, 0) is 4.79 Å². The molecule has 3 N–H and O–H groups in total. The molecule has 1 aromatic carbocycles. The summed E-state index contributed by atoms with van der Waals surface area (Å²) in [5, 5.41) is 3.70. The molecule has 0 bridgehead atoms. The van der Waals surface area contributed by atoms with E-state index in [-0.39, 0.29) is 11.9 Å². The van der Waals surface area contributed by atoms with Gasteiger partial charge in [-0.3, -0.25) is 4.79 Å². The first kappa shape index (κ1) is 15.1. The zero-order valence-electron chi connectivity index (χ0n) is 12.0. The van der Waals surface area contributed by atoms with Gasteiger partial charge in [0.25, 0.3) is 0 Å². The molecule has 1 heterocycles. The van der Waals surface area contributed by atoms with Crippen LogP contribution in [0, 0.1) is 0 Å². The van der Waals surface area contributed by atoms with Crippen LogP contribution in [0.4, 0.5) is 5.69 Å². The van der Waals surface area contributed by atoms with Crippen molar-refractivity contribution in [2.24, 2.45) is 5.73 Å². The van der Waals surface area contributed by atoms with E-state index < -0.39 is 0 Å². The van der Waals surface area contributed by atoms with Crippen LogP contribution in [0.15, 0.2) is 18.2 Å². The number of nitrogens with zero attached hydrogens (tertiary/aromatic N) is 1. The summed E-state index contributed by atoms with van der Waals surface area (Å²) in [6.45, 7) is 5.36. The highest BCUT2D eigenvalue weighted by molar-refractivity contribution is 6.31. The zero-order valence-corrected chi connectivity index (χ0v) is 12.8. The summed E-state index contributed by atoms with van der Waals surface area (Å²) in [7, 11) is 0. The second kappa shape index (κ2) is 6.46. The minimum Gasteiger partial charge on any atom is -0.371 e. The maximum atomic E-state index is 11.1. The molecule has 1 atom stereocenters. The molecule has 5 heteroatoms. The molecule has 20 heavy (non-hydrogen) atoms. The van der Waals surface area contributed by atoms with Gasteiger partial charge in [-0.2, -0.15) is 0 Å². The highest BCUT2D eigenvalue weighted by Crippen LogP contribution is 2.28. The topological polar surface area (TPSA) is 58.4 Å². The smallest absolute Gasteiger partial charge is 0.217 e. The average Bonchev–Trinajstić information content (AvgIpc) is 2.38. The SMILES string of the molecule is CC(=O)NC1CCN(c2ccc(C(C)N)c(Cl)c2)CC1. The van der Waals surface area contributed by atoms with E-state index >= 15 is 0 Å². The molecule has 1 unspecified atom stereocenters. The molecule has 0 aliphatic carbocycles. The normalized spacial score (nSPS) is 17.9. The third kappa shape index (κ3) is 3.64. The number of piperidine rings is 1. The number of carbonyl (C=O) groups excluding carboxylic acids is 1. The van der Waals surface area contributed by atoms with Crippen molar-refractivity contribution >= 4 is 23.2 Å². The third-order valence-corrected chi connectivity index (χ3v) is 4.07. The largest absolute Gasteiger partial charge is 0.371 e. The van der Waals surface area contributed by atoms with Crippen molar-refractivity contribution in [3.8, 4) is 0 Å². The molecule has 0 radical (unpaired) electrons. The van der Waals surface area contributed by atoms with Crippen molar-refractivity contribution in [2.75, 3.05) is 18.0 Å². The molecule has 1 aliphatic rings. The molecule has 0 aromatic heterocycles. The highest BCUT2D eigenvalue weighted by Gasteiger charge is 2.20. The Kier molecular flexibility index (Phi) is 4.89. The predicted octanol–water partition coefficient (Wildman–Crippen LogP) is 2.46. The number of halogens is 1. The molecule has 2 rings (SSSR count). The molecule has 1 aromatic rings. The number of amides is 1. The van der Waals surface area contributed by atoms with Crippen molar-refractivity contribution in [1.29, 1.82) is 0 Å². The lowest BCUT2D eigenvalue weighted by molar-refractivity contribution is -0.119. The Bertz CT molecular complexity index is 482. The van der Waals surface area contributed by atoms with Crippen LogP contribution in [0.5, 0.6) is 0 Å². The number of anilines is 1. The molecule has 1 fully saturated rings. The van der Waals surface area contributed by atoms with Crippen LogP contribution >= 0.6 is 11.6 Å². The molecule has 1 aliphatic heterocycles. The summed E-state index contributed by atoms with van der Waals surface area (Å²) >= 11 is 6.28. The van der Waals surface area contributed by atoms with Crippen LogP contribution < -0.4 is 16.0 Å². The van der Waals surface area contributed by atoms with E-state index in [1.807, 2.05) is 19.1 Å². The number of nitrogens with two attached hydrogens (primary N) is 1. The van der Waals surface area contributed by atoms with E-state index in [2.05, 4.69) is 16.3 Å². The van der Waals surface area contributed by atoms with Crippen molar-refractivity contribution in [2.45, 2.75) is 38.8 Å². The zero-order chi connectivity index (χ0) is 14.7. The Balaban J connectivity index is 2.00. The minimum absolute atomic E-state index is 0.0489. The fourth-order valence-electron chi connectivity index (χ4n) is 2.65. The first-order valence-electron chi connectivity index (χ1n) is 7.04. The summed E-state index contributed by atoms with van der Waals surface area (Å²) in [5.74, 6) is 0.0489. The molecular weight excluding hydrogens is 274 g/mol. The van der Waals surface area contributed by atoms with E-state index in [1.165, 1.54) is 0 Å². The van der Waals surface area contributed by atoms with Crippen molar-refractivity contribution < 1.29 is 4.79 Å². The first-order valence-corrected chi connectivity index (χ1v) is 7.42. The van der Waals surface area contributed by atoms with Crippen molar-refractivity contribution in [3.63, 3.8) is 0 Å². The van der Waals surface area contributed by atoms with E-state index in [9.17, 15) is 4.79 Å². The number of nitrogens with one attached hydrogen (secondary N) is 1. The van der Waals surface area contributed by atoms with E-state index in [1.54, 1.807) is 6.92 Å². The second-order valence-electron chi connectivity index (χ2n) is 5.46. The van der Waals surface area contributed by atoms with Gasteiger partial charge in [-0.05, 0) is 37.5 Å². The Morgan fingerprint density at radius 2 is 2.10 bits per heavy atom. The lowest BCUT2D eigenvalue weighted by Crippen LogP contribution is -2.44. The lowest BCUT2D eigenvalue weighted by atomic mass is 10.0. The minimum atomic E-state index is -0.0537. The predicted molar refractivity (Wildman–Crippen MR) is 83.1 cm³/mol. The van der Waals surface area contributed by atoms with Crippen LogP contribution in [0.1, 0.15) is 38.3 Å². The Hall–Kier alpha value is -1.26. The maximum Gasteiger partial charge on any atom is 0.217 e. The first-order chi connectivity index (χ1) is 9.47. The molecule has 1 amide bonds. The van der Waals surface area contributed by atoms with Gasteiger partial charge in [0.15, 0.2) is 0 Å². The molecule has 4 nitrogen and oxygen atoms in total. The summed E-state index contributed by atoms with van der Waals surface area (Å²) in [5.41, 5.74) is 7.97. The van der Waals surface area contributed by atoms with Crippen LogP contribution in [0.2, 0.25) is 5.02 Å². The van der Waals surface area contributed by atoms with Gasteiger partial charge in [-0.25, -0.2) is 0 Å². The molecule has 1 saturated heterocycles. The summed E-state index contributed by atoms with van der Waals surface area (Å²) in [6, 6.07) is 6.30. The summed E-state index contributed by atoms with van der Waals surface area (Å²) < 4.78 is 0. The van der Waals surface area contributed by atoms with Gasteiger partial charge in [0.2, 0.25) is 5.91 Å². The number of hydrogen-bond donors (Lipinski definition) is 2. The fraction of sp³-hybridized carbons (Fsp3) is 0.533. The van der Waals surface area contributed by atoms with Gasteiger partial charge in [0.1, 0.15) is 0 Å². The van der Waals surface area contributed by atoms with Gasteiger partial charge in [0.05, 0.1) is 0 Å². The van der Waals surface area contributed by atoms with Gasteiger partial charge < -0.3 is 16.0 Å². The number of rotatable bonds is 3. The maximum absolute atomic E-state index is 11.1. The summed E-state index contributed by atoms with van der Waals surface area (Å²) in [6.07, 6.45) is 1.93. The lowest BCUT2D eigenvalue weighted by Gasteiger charge is -2.34.